The van der Waals surface area contributed by atoms with Gasteiger partial charge < -0.3 is 0 Å². The van der Waals surface area contributed by atoms with Crippen molar-refractivity contribution in [1.82, 2.24) is 9.55 Å². The van der Waals surface area contributed by atoms with Crippen LogP contribution >= 0.6 is 11.8 Å². The molecule has 0 bridgehead atoms. The van der Waals surface area contributed by atoms with Gasteiger partial charge in [-0.05, 0) is 18.2 Å². The van der Waals surface area contributed by atoms with E-state index in [0.717, 1.165) is 11.3 Å². The molecule has 2 aromatic rings. The van der Waals surface area contributed by atoms with Crippen LogP contribution in [0.25, 0.3) is 0 Å². The molecule has 0 amide bonds. The molecule has 5 heteroatoms. The van der Waals surface area contributed by atoms with E-state index >= 15 is 0 Å². The molecule has 21 heavy (non-hydrogen) atoms. The van der Waals surface area contributed by atoms with Crippen molar-refractivity contribution in [2.24, 2.45) is 0 Å². The molecule has 0 unspecified atom stereocenters. The minimum Gasteiger partial charge on any atom is -0.287 e. The Bertz CT molecular complexity index is 732. The molecule has 0 aliphatic heterocycles. The second-order valence-electron chi connectivity index (χ2n) is 4.69. The smallest absolute Gasteiger partial charge is 0.287 e. The number of aromatic amines is 1. The summed E-state index contributed by atoms with van der Waals surface area (Å²) in [6.07, 6.45) is 4.62. The summed E-state index contributed by atoms with van der Waals surface area (Å²) in [5.74, 6) is 0.516. The van der Waals surface area contributed by atoms with Crippen LogP contribution in [0.2, 0.25) is 0 Å². The number of aromatic nitrogens is 2. The van der Waals surface area contributed by atoms with E-state index in [9.17, 15) is 9.59 Å². The third-order valence-corrected chi connectivity index (χ3v) is 3.75. The third kappa shape index (κ3) is 3.55. The fraction of sp³-hybridized carbons (Fsp3) is 0.250. The molecule has 2 rings (SSSR count). The van der Waals surface area contributed by atoms with Gasteiger partial charge in [0.25, 0.3) is 5.56 Å². The van der Waals surface area contributed by atoms with Gasteiger partial charge >= 0.3 is 5.69 Å². The van der Waals surface area contributed by atoms with Gasteiger partial charge in [-0.15, -0.1) is 18.3 Å². The van der Waals surface area contributed by atoms with E-state index in [-0.39, 0.29) is 11.2 Å². The van der Waals surface area contributed by atoms with Gasteiger partial charge in [-0.3, -0.25) is 14.3 Å². The van der Waals surface area contributed by atoms with Crippen molar-refractivity contribution in [3.05, 3.63) is 80.6 Å². The number of nitrogens with zero attached hydrogens (tertiary/aromatic N) is 1. The first-order chi connectivity index (χ1) is 10.2. The van der Waals surface area contributed by atoms with E-state index in [1.807, 2.05) is 36.6 Å². The van der Waals surface area contributed by atoms with Crippen LogP contribution in [-0.2, 0) is 18.7 Å². The Morgan fingerprint density at radius 3 is 2.62 bits per heavy atom. The number of H-pyrrole nitrogens is 1. The van der Waals surface area contributed by atoms with Gasteiger partial charge in [0, 0.05) is 17.7 Å². The fourth-order valence-corrected chi connectivity index (χ4v) is 2.80. The van der Waals surface area contributed by atoms with Crippen LogP contribution in [0.1, 0.15) is 16.8 Å². The maximum atomic E-state index is 12.1. The summed E-state index contributed by atoms with van der Waals surface area (Å²) < 4.78 is 1.64. The van der Waals surface area contributed by atoms with E-state index in [0.29, 0.717) is 24.3 Å². The lowest BCUT2D eigenvalue weighted by Gasteiger charge is -2.15. The number of hydrogen-bond acceptors (Lipinski definition) is 3. The van der Waals surface area contributed by atoms with E-state index in [2.05, 4.69) is 11.6 Å². The van der Waals surface area contributed by atoms with Gasteiger partial charge in [-0.25, -0.2) is 4.79 Å². The zero-order valence-corrected chi connectivity index (χ0v) is 12.8. The van der Waals surface area contributed by atoms with Crippen LogP contribution in [0.15, 0.2) is 52.6 Å². The number of thioether (sulfide) groups is 1. The highest BCUT2D eigenvalue weighted by atomic mass is 32.2. The molecule has 0 atom stereocenters. The number of benzene rings is 1. The Morgan fingerprint density at radius 1 is 1.29 bits per heavy atom. The summed E-state index contributed by atoms with van der Waals surface area (Å²) in [6, 6.07) is 9.83. The highest BCUT2D eigenvalue weighted by Gasteiger charge is 2.14. The zero-order chi connectivity index (χ0) is 15.2. The molecule has 0 aliphatic rings. The lowest BCUT2D eigenvalue weighted by molar-refractivity contribution is 0.716. The van der Waals surface area contributed by atoms with Crippen molar-refractivity contribution >= 4 is 11.8 Å². The summed E-state index contributed by atoms with van der Waals surface area (Å²) in [4.78, 5) is 26.5. The van der Waals surface area contributed by atoms with Crippen molar-refractivity contribution < 1.29 is 0 Å². The minimum atomic E-state index is -0.354. The molecule has 4 nitrogen and oxygen atoms in total. The van der Waals surface area contributed by atoms with E-state index in [4.69, 9.17) is 0 Å². The van der Waals surface area contributed by atoms with Crippen LogP contribution in [-0.4, -0.2) is 15.8 Å². The molecular weight excluding hydrogens is 284 g/mol. The average molecular weight is 302 g/mol. The van der Waals surface area contributed by atoms with Gasteiger partial charge in [0.15, 0.2) is 0 Å². The van der Waals surface area contributed by atoms with E-state index < -0.39 is 0 Å². The molecule has 0 saturated heterocycles. The summed E-state index contributed by atoms with van der Waals surface area (Å²) in [6.45, 7) is 3.70. The summed E-state index contributed by atoms with van der Waals surface area (Å²) in [5, 5.41) is 0. The fourth-order valence-electron chi connectivity index (χ4n) is 2.27. The molecule has 0 spiro atoms. The Hall–Kier alpha value is -2.01. The summed E-state index contributed by atoms with van der Waals surface area (Å²) >= 11 is 1.54. The van der Waals surface area contributed by atoms with Gasteiger partial charge in [-0.2, -0.15) is 0 Å². The van der Waals surface area contributed by atoms with Crippen LogP contribution in [0.5, 0.6) is 0 Å². The largest absolute Gasteiger partial charge is 0.329 e. The molecule has 0 fully saturated rings. The lowest BCUT2D eigenvalue weighted by atomic mass is 10.0. The molecule has 0 radical (unpaired) electrons. The van der Waals surface area contributed by atoms with Crippen LogP contribution < -0.4 is 11.2 Å². The Kier molecular flexibility index (Phi) is 5.22. The predicted octanol–water partition coefficient (Wildman–Crippen LogP) is 2.18. The van der Waals surface area contributed by atoms with Gasteiger partial charge in [-0.1, -0.05) is 36.4 Å². The summed E-state index contributed by atoms with van der Waals surface area (Å²) in [5.41, 5.74) is 1.78. The first-order valence-corrected chi connectivity index (χ1v) is 8.05. The predicted molar refractivity (Wildman–Crippen MR) is 88.0 cm³/mol. The molecule has 1 heterocycles. The van der Waals surface area contributed by atoms with Crippen molar-refractivity contribution in [3.63, 3.8) is 0 Å². The lowest BCUT2D eigenvalue weighted by Crippen LogP contribution is -2.35. The number of nitrogens with one attached hydrogen (secondary N) is 1. The maximum absolute atomic E-state index is 12.1. The molecule has 0 saturated carbocycles. The highest BCUT2D eigenvalue weighted by molar-refractivity contribution is 7.97. The zero-order valence-electron chi connectivity index (χ0n) is 12.0. The molecular formula is C16H18N2O2S. The standard InChI is InChI=1S/C16H18N2O2S/c1-3-7-13-14(10-12-8-5-4-6-9-12)18(11-21-2)16(20)17-15(13)19/h3-6,8-9H,1,7,10-11H2,2H3,(H,17,19,20). The van der Waals surface area contributed by atoms with Crippen LogP contribution in [0.4, 0.5) is 0 Å². The molecule has 1 N–H and O–H groups in total. The third-order valence-electron chi connectivity index (χ3n) is 3.23. The molecule has 0 aliphatic carbocycles. The monoisotopic (exact) mass is 302 g/mol. The van der Waals surface area contributed by atoms with Crippen molar-refractivity contribution in [3.8, 4) is 0 Å². The van der Waals surface area contributed by atoms with Crippen molar-refractivity contribution in [1.29, 1.82) is 0 Å². The minimum absolute atomic E-state index is 0.316. The van der Waals surface area contributed by atoms with E-state index in [1.54, 1.807) is 22.4 Å². The Labute approximate surface area is 127 Å². The first-order valence-electron chi connectivity index (χ1n) is 6.66. The normalized spacial score (nSPS) is 10.5. The second kappa shape index (κ2) is 7.13. The van der Waals surface area contributed by atoms with E-state index in [1.165, 1.54) is 0 Å². The van der Waals surface area contributed by atoms with Gasteiger partial charge in [0.2, 0.25) is 0 Å². The quantitative estimate of drug-likeness (QED) is 0.832. The van der Waals surface area contributed by atoms with Gasteiger partial charge in [0.1, 0.15) is 0 Å². The molecule has 110 valence electrons. The summed E-state index contributed by atoms with van der Waals surface area (Å²) in [7, 11) is 0. The number of hydrogen-bond donors (Lipinski definition) is 1. The molecule has 1 aromatic carbocycles. The average Bonchev–Trinajstić information content (AvgIpc) is 2.48. The Balaban J connectivity index is 2.60. The second-order valence-corrected chi connectivity index (χ2v) is 5.52. The van der Waals surface area contributed by atoms with Crippen LogP contribution in [0.3, 0.4) is 0 Å². The maximum Gasteiger partial charge on any atom is 0.329 e. The number of allylic oxidation sites excluding steroid dienone is 1. The van der Waals surface area contributed by atoms with Crippen molar-refractivity contribution in [2.45, 2.75) is 18.7 Å². The van der Waals surface area contributed by atoms with Gasteiger partial charge in [0.05, 0.1) is 5.88 Å². The number of rotatable bonds is 6. The highest BCUT2D eigenvalue weighted by Crippen LogP contribution is 2.13. The Morgan fingerprint density at radius 2 is 2.00 bits per heavy atom. The van der Waals surface area contributed by atoms with Crippen molar-refractivity contribution in [2.75, 3.05) is 6.26 Å². The van der Waals surface area contributed by atoms with Crippen LogP contribution in [0, 0.1) is 0 Å². The topological polar surface area (TPSA) is 54.9 Å². The first kappa shape index (κ1) is 15.4. The SMILES string of the molecule is C=CCc1c(Cc2ccccc2)n(CSC)c(=O)[nH]c1=O. The molecule has 1 aromatic heterocycles.